The maximum atomic E-state index is 14.8. The number of nitrogens with zero attached hydrogens (tertiary/aromatic N) is 3. The lowest BCUT2D eigenvalue weighted by Gasteiger charge is -2.28. The number of hydrogen-bond acceptors (Lipinski definition) is 6. The molecule has 0 amide bonds. The van der Waals surface area contributed by atoms with Crippen LogP contribution in [0, 0.1) is 5.82 Å². The zero-order valence-electron chi connectivity index (χ0n) is 18.5. The van der Waals surface area contributed by atoms with Gasteiger partial charge in [0.05, 0.1) is 17.9 Å². The molecule has 1 aromatic carbocycles. The molecule has 0 bridgehead atoms. The number of sulfone groups is 1. The van der Waals surface area contributed by atoms with Crippen LogP contribution >= 0.6 is 0 Å². The Morgan fingerprint density at radius 1 is 1.09 bits per heavy atom. The lowest BCUT2D eigenvalue weighted by atomic mass is 10.0. The maximum Gasteiger partial charge on any atom is 0.195 e. The summed E-state index contributed by atoms with van der Waals surface area (Å²) in [5.41, 5.74) is 1.25. The average Bonchev–Trinajstić information content (AvgIpc) is 3.46. The van der Waals surface area contributed by atoms with E-state index in [0.29, 0.717) is 17.2 Å². The van der Waals surface area contributed by atoms with Crippen LogP contribution in [-0.2, 0) is 9.84 Å². The number of aromatic nitrogens is 1. The van der Waals surface area contributed by atoms with Crippen LogP contribution in [0.2, 0.25) is 0 Å². The first kappa shape index (κ1) is 23.0. The van der Waals surface area contributed by atoms with Gasteiger partial charge in [-0.2, -0.15) is 0 Å². The van der Waals surface area contributed by atoms with Gasteiger partial charge in [0.1, 0.15) is 5.82 Å². The lowest BCUT2D eigenvalue weighted by molar-refractivity contribution is 0.0902. The van der Waals surface area contributed by atoms with Crippen molar-refractivity contribution in [2.45, 2.75) is 43.7 Å². The molecule has 6 nitrogen and oxygen atoms in total. The zero-order chi connectivity index (χ0) is 22.7. The molecular weight excluding hydrogens is 429 g/mol. The minimum atomic E-state index is -3.38. The van der Waals surface area contributed by atoms with Gasteiger partial charge in [-0.3, -0.25) is 9.69 Å². The van der Waals surface area contributed by atoms with Crippen LogP contribution in [0.25, 0.3) is 11.1 Å². The summed E-state index contributed by atoms with van der Waals surface area (Å²) in [7, 11) is -3.38. The van der Waals surface area contributed by atoms with Gasteiger partial charge in [0.25, 0.3) is 0 Å². The van der Waals surface area contributed by atoms with Crippen molar-refractivity contribution in [2.24, 2.45) is 0 Å². The molecule has 0 spiro atoms. The topological polar surface area (TPSA) is 70.6 Å². The summed E-state index contributed by atoms with van der Waals surface area (Å²) in [6.45, 7) is 5.93. The molecule has 0 N–H and O–H groups in total. The van der Waals surface area contributed by atoms with Crippen molar-refractivity contribution in [2.75, 3.05) is 38.5 Å². The Labute approximate surface area is 189 Å². The first-order valence-corrected chi connectivity index (χ1v) is 13.0. The van der Waals surface area contributed by atoms with Crippen molar-refractivity contribution in [3.05, 3.63) is 47.9 Å². The van der Waals surface area contributed by atoms with Crippen LogP contribution < -0.4 is 0 Å². The molecule has 2 aliphatic heterocycles. The molecule has 0 radical (unpaired) electrons. The van der Waals surface area contributed by atoms with E-state index in [1.807, 2.05) is 0 Å². The fourth-order valence-electron chi connectivity index (χ4n) is 4.65. The van der Waals surface area contributed by atoms with E-state index in [9.17, 15) is 17.6 Å². The van der Waals surface area contributed by atoms with Gasteiger partial charge in [-0.1, -0.05) is 13.0 Å². The van der Waals surface area contributed by atoms with Crippen LogP contribution in [0.15, 0.2) is 41.6 Å². The number of carbonyl (C=O) groups is 1. The summed E-state index contributed by atoms with van der Waals surface area (Å²) in [5, 5.41) is 0.00474. The second kappa shape index (κ2) is 9.77. The summed E-state index contributed by atoms with van der Waals surface area (Å²) in [6, 6.07) is 7.94. The van der Waals surface area contributed by atoms with Crippen LogP contribution in [0.3, 0.4) is 0 Å². The lowest BCUT2D eigenvalue weighted by Crippen LogP contribution is -2.41. The number of likely N-dealkylation sites (tertiary alicyclic amines) is 2. The number of rotatable bonds is 8. The third-order valence-corrected chi connectivity index (χ3v) is 8.19. The smallest absolute Gasteiger partial charge is 0.195 e. The Hall–Kier alpha value is -2.16. The number of ketones is 1. The molecule has 1 aromatic heterocycles. The van der Waals surface area contributed by atoms with Crippen LogP contribution in [0.5, 0.6) is 0 Å². The maximum absolute atomic E-state index is 14.8. The Morgan fingerprint density at radius 2 is 1.84 bits per heavy atom. The molecular formula is C24H30FN3O3S. The van der Waals surface area contributed by atoms with E-state index >= 15 is 0 Å². The number of pyridine rings is 1. The van der Waals surface area contributed by atoms with E-state index in [0.717, 1.165) is 39.0 Å². The summed E-state index contributed by atoms with van der Waals surface area (Å²) in [6.07, 6.45) is 6.07. The summed E-state index contributed by atoms with van der Waals surface area (Å²) in [4.78, 5) is 21.5. The molecule has 0 saturated carbocycles. The number of Topliss-reactive ketones (excluding diaryl/α,β-unsaturated/α-hetero) is 1. The van der Waals surface area contributed by atoms with E-state index in [1.165, 1.54) is 37.2 Å². The van der Waals surface area contributed by atoms with Gasteiger partial charge in [-0.25, -0.2) is 17.8 Å². The number of halogens is 1. The highest BCUT2D eigenvalue weighted by Crippen LogP contribution is 2.25. The summed E-state index contributed by atoms with van der Waals surface area (Å²) in [5.74, 6) is -0.793. The van der Waals surface area contributed by atoms with Crippen LogP contribution in [-0.4, -0.2) is 73.5 Å². The molecule has 172 valence electrons. The molecule has 1 atom stereocenters. The van der Waals surface area contributed by atoms with Crippen molar-refractivity contribution in [3.8, 4) is 11.1 Å². The number of hydrogen-bond donors (Lipinski definition) is 0. The third kappa shape index (κ3) is 5.08. The largest absolute Gasteiger partial charge is 0.302 e. The Kier molecular flexibility index (Phi) is 7.02. The minimum Gasteiger partial charge on any atom is -0.302 e. The van der Waals surface area contributed by atoms with E-state index in [-0.39, 0.29) is 28.7 Å². The fraction of sp³-hybridized carbons (Fsp3) is 0.500. The standard InChI is InChI=1S/C24H30FN3O3S/c1-2-32(30,31)24-10-8-19(15-26-24)18-7-9-21(22(25)14-18)23(29)17-28-13-5-6-20(28)16-27-11-3-4-12-27/h7-10,14-15,20H,2-6,11-13,16-17H2,1H3/t20-/m0/s1. The fourth-order valence-corrected chi connectivity index (χ4v) is 5.43. The van der Waals surface area contributed by atoms with Gasteiger partial charge < -0.3 is 4.90 Å². The van der Waals surface area contributed by atoms with Gasteiger partial charge in [0, 0.05) is 24.3 Å². The third-order valence-electron chi connectivity index (χ3n) is 6.55. The van der Waals surface area contributed by atoms with Gasteiger partial charge in [-0.15, -0.1) is 0 Å². The second-order valence-corrected chi connectivity index (χ2v) is 10.9. The Balaban J connectivity index is 1.44. The molecule has 2 aliphatic rings. The Morgan fingerprint density at radius 3 is 2.50 bits per heavy atom. The monoisotopic (exact) mass is 459 g/mol. The van der Waals surface area contributed by atoms with E-state index in [4.69, 9.17) is 0 Å². The molecule has 2 fully saturated rings. The molecule has 8 heteroatoms. The first-order valence-electron chi connectivity index (χ1n) is 11.4. The predicted molar refractivity (Wildman–Crippen MR) is 122 cm³/mol. The molecule has 4 rings (SSSR count). The highest BCUT2D eigenvalue weighted by atomic mass is 32.2. The minimum absolute atomic E-state index is 0.00474. The van der Waals surface area contributed by atoms with E-state index in [2.05, 4.69) is 14.8 Å². The van der Waals surface area contributed by atoms with Gasteiger partial charge in [0.15, 0.2) is 20.6 Å². The highest BCUT2D eigenvalue weighted by molar-refractivity contribution is 7.91. The number of carbonyl (C=O) groups excluding carboxylic acids is 1. The normalized spacial score (nSPS) is 20.1. The molecule has 32 heavy (non-hydrogen) atoms. The van der Waals surface area contributed by atoms with Crippen molar-refractivity contribution < 1.29 is 17.6 Å². The molecule has 0 aliphatic carbocycles. The van der Waals surface area contributed by atoms with Crippen molar-refractivity contribution in [3.63, 3.8) is 0 Å². The zero-order valence-corrected chi connectivity index (χ0v) is 19.3. The SMILES string of the molecule is CCS(=O)(=O)c1ccc(-c2ccc(C(=O)CN3CCC[C@H]3CN3CCCC3)c(F)c2)cn1. The Bertz CT molecular complexity index is 1070. The van der Waals surface area contributed by atoms with Crippen molar-refractivity contribution in [1.29, 1.82) is 0 Å². The van der Waals surface area contributed by atoms with Crippen molar-refractivity contribution in [1.82, 2.24) is 14.8 Å². The summed E-state index contributed by atoms with van der Waals surface area (Å²) >= 11 is 0. The quantitative estimate of drug-likeness (QED) is 0.564. The molecule has 3 heterocycles. The van der Waals surface area contributed by atoms with Crippen LogP contribution in [0.4, 0.5) is 4.39 Å². The first-order chi connectivity index (χ1) is 15.4. The molecule has 2 saturated heterocycles. The van der Waals surface area contributed by atoms with Crippen LogP contribution in [0.1, 0.15) is 43.0 Å². The second-order valence-electron chi connectivity index (χ2n) is 8.68. The average molecular weight is 460 g/mol. The number of benzene rings is 1. The predicted octanol–water partition coefficient (Wildman–Crippen LogP) is 3.42. The molecule has 0 unspecified atom stereocenters. The highest BCUT2D eigenvalue weighted by Gasteiger charge is 2.29. The van der Waals surface area contributed by atoms with E-state index < -0.39 is 15.7 Å². The van der Waals surface area contributed by atoms with Crippen molar-refractivity contribution >= 4 is 15.6 Å². The van der Waals surface area contributed by atoms with Gasteiger partial charge >= 0.3 is 0 Å². The van der Waals surface area contributed by atoms with Gasteiger partial charge in [0.2, 0.25) is 0 Å². The summed E-state index contributed by atoms with van der Waals surface area (Å²) < 4.78 is 38.7. The molecule has 2 aromatic rings. The van der Waals surface area contributed by atoms with E-state index in [1.54, 1.807) is 19.1 Å². The van der Waals surface area contributed by atoms with Gasteiger partial charge in [-0.05, 0) is 75.1 Å².